The Morgan fingerprint density at radius 2 is 2.11 bits per heavy atom. The molecule has 0 fully saturated rings. The van der Waals surface area contributed by atoms with Crippen molar-refractivity contribution in [2.75, 3.05) is 11.6 Å². The van der Waals surface area contributed by atoms with Gasteiger partial charge in [0.15, 0.2) is 0 Å². The van der Waals surface area contributed by atoms with Crippen LogP contribution in [0.5, 0.6) is 0 Å². The Morgan fingerprint density at radius 1 is 1.37 bits per heavy atom. The van der Waals surface area contributed by atoms with Gasteiger partial charge in [-0.2, -0.15) is 11.8 Å². The Morgan fingerprint density at radius 3 is 2.74 bits per heavy atom. The predicted octanol–water partition coefficient (Wildman–Crippen LogP) is 3.10. The van der Waals surface area contributed by atoms with E-state index in [1.807, 2.05) is 36.6 Å². The molecule has 6 heteroatoms. The molecule has 0 aliphatic heterocycles. The van der Waals surface area contributed by atoms with Gasteiger partial charge in [0.2, 0.25) is 0 Å². The Bertz CT molecular complexity index is 575. The van der Waals surface area contributed by atoms with Gasteiger partial charge in [-0.15, -0.1) is 0 Å². The molecular formula is C13H13N3O2S. The molecule has 1 amide bonds. The second-order valence-corrected chi connectivity index (χ2v) is 4.64. The van der Waals surface area contributed by atoms with Gasteiger partial charge in [0.05, 0.1) is 23.3 Å². The van der Waals surface area contributed by atoms with E-state index in [0.29, 0.717) is 23.0 Å². The van der Waals surface area contributed by atoms with Crippen molar-refractivity contribution >= 4 is 23.5 Å². The van der Waals surface area contributed by atoms with Crippen LogP contribution in [0.15, 0.2) is 36.5 Å². The lowest BCUT2D eigenvalue weighted by molar-refractivity contribution is 0.209. The first-order chi connectivity index (χ1) is 9.20. The molecule has 0 saturated heterocycles. The van der Waals surface area contributed by atoms with Gasteiger partial charge in [-0.3, -0.25) is 5.32 Å². The molecule has 19 heavy (non-hydrogen) atoms. The molecule has 0 atom stereocenters. The Labute approximate surface area is 115 Å². The topological polar surface area (TPSA) is 75.1 Å². The van der Waals surface area contributed by atoms with Gasteiger partial charge in [0, 0.05) is 5.56 Å². The van der Waals surface area contributed by atoms with Crippen LogP contribution in [0.1, 0.15) is 5.82 Å². The molecule has 1 aromatic heterocycles. The van der Waals surface area contributed by atoms with Crippen LogP contribution in [0.3, 0.4) is 0 Å². The van der Waals surface area contributed by atoms with Crippen LogP contribution in [-0.4, -0.2) is 27.4 Å². The molecule has 0 unspecified atom stereocenters. The summed E-state index contributed by atoms with van der Waals surface area (Å²) in [6.45, 7) is 0. The molecule has 0 radical (unpaired) electrons. The summed E-state index contributed by atoms with van der Waals surface area (Å²) >= 11 is 1.62. The maximum Gasteiger partial charge on any atom is 0.409 e. The van der Waals surface area contributed by atoms with Crippen molar-refractivity contribution in [2.45, 2.75) is 5.75 Å². The molecule has 0 bridgehead atoms. The van der Waals surface area contributed by atoms with Gasteiger partial charge in [-0.25, -0.2) is 14.8 Å². The fraction of sp³-hybridized carbons (Fsp3) is 0.154. The molecular weight excluding hydrogens is 262 g/mol. The molecule has 0 saturated carbocycles. The summed E-state index contributed by atoms with van der Waals surface area (Å²) in [5.74, 6) is 1.37. The zero-order valence-electron chi connectivity index (χ0n) is 10.3. The van der Waals surface area contributed by atoms with E-state index in [-0.39, 0.29) is 0 Å². The largest absolute Gasteiger partial charge is 0.465 e. The van der Waals surface area contributed by atoms with Crippen molar-refractivity contribution in [3.05, 3.63) is 42.4 Å². The zero-order valence-corrected chi connectivity index (χ0v) is 11.1. The predicted molar refractivity (Wildman–Crippen MR) is 76.3 cm³/mol. The Balaban J connectivity index is 2.46. The van der Waals surface area contributed by atoms with Gasteiger partial charge in [0.1, 0.15) is 5.82 Å². The number of anilines is 1. The van der Waals surface area contributed by atoms with Crippen molar-refractivity contribution in [1.82, 2.24) is 9.97 Å². The lowest BCUT2D eigenvalue weighted by Gasteiger charge is -2.09. The standard InChI is InChI=1S/C13H13N3O2S/c1-19-8-11-14-7-10(15-13(17)18)12(16-11)9-5-3-2-4-6-9/h2-7,15H,8H2,1H3,(H,17,18). The number of carbonyl (C=O) groups is 1. The first kappa shape index (κ1) is 13.4. The van der Waals surface area contributed by atoms with E-state index in [0.717, 1.165) is 5.56 Å². The number of benzene rings is 1. The highest BCUT2D eigenvalue weighted by Gasteiger charge is 2.11. The van der Waals surface area contributed by atoms with Crippen LogP contribution in [0, 0.1) is 0 Å². The molecule has 1 aromatic carbocycles. The lowest BCUT2D eigenvalue weighted by atomic mass is 10.1. The molecule has 2 aromatic rings. The van der Waals surface area contributed by atoms with Gasteiger partial charge in [0.25, 0.3) is 0 Å². The number of nitrogens with one attached hydrogen (secondary N) is 1. The average molecular weight is 275 g/mol. The Kier molecular flexibility index (Phi) is 4.35. The second-order valence-electron chi connectivity index (χ2n) is 3.78. The van der Waals surface area contributed by atoms with E-state index < -0.39 is 6.09 Å². The first-order valence-electron chi connectivity index (χ1n) is 5.61. The third-order valence-corrected chi connectivity index (χ3v) is 2.95. The normalized spacial score (nSPS) is 10.2. The van der Waals surface area contributed by atoms with Crippen LogP contribution in [0.25, 0.3) is 11.3 Å². The molecule has 0 aliphatic rings. The van der Waals surface area contributed by atoms with Crippen LogP contribution < -0.4 is 5.32 Å². The van der Waals surface area contributed by atoms with Crippen molar-refractivity contribution in [3.8, 4) is 11.3 Å². The fourth-order valence-electron chi connectivity index (χ4n) is 1.64. The highest BCUT2D eigenvalue weighted by Crippen LogP contribution is 2.25. The van der Waals surface area contributed by atoms with Crippen molar-refractivity contribution in [2.24, 2.45) is 0 Å². The van der Waals surface area contributed by atoms with Crippen molar-refractivity contribution < 1.29 is 9.90 Å². The number of hydrogen-bond donors (Lipinski definition) is 2. The minimum atomic E-state index is -1.13. The molecule has 0 spiro atoms. The van der Waals surface area contributed by atoms with E-state index in [4.69, 9.17) is 5.11 Å². The van der Waals surface area contributed by atoms with Gasteiger partial charge >= 0.3 is 6.09 Å². The zero-order chi connectivity index (χ0) is 13.7. The monoisotopic (exact) mass is 275 g/mol. The highest BCUT2D eigenvalue weighted by molar-refractivity contribution is 7.97. The molecule has 2 N–H and O–H groups in total. The van der Waals surface area contributed by atoms with Gasteiger partial charge in [-0.1, -0.05) is 30.3 Å². The summed E-state index contributed by atoms with van der Waals surface area (Å²) in [6.07, 6.45) is 2.35. The minimum absolute atomic E-state index is 0.392. The minimum Gasteiger partial charge on any atom is -0.465 e. The SMILES string of the molecule is CSCc1ncc(NC(=O)O)c(-c2ccccc2)n1. The maximum atomic E-state index is 10.8. The fourth-order valence-corrected chi connectivity index (χ4v) is 2.04. The third kappa shape index (κ3) is 3.45. The van der Waals surface area contributed by atoms with Gasteiger partial charge < -0.3 is 5.11 Å². The lowest BCUT2D eigenvalue weighted by Crippen LogP contribution is -2.10. The molecule has 0 aliphatic carbocycles. The van der Waals surface area contributed by atoms with E-state index in [2.05, 4.69) is 15.3 Å². The van der Waals surface area contributed by atoms with Crippen molar-refractivity contribution in [3.63, 3.8) is 0 Å². The number of amides is 1. The molecule has 1 heterocycles. The van der Waals surface area contributed by atoms with Crippen LogP contribution in [-0.2, 0) is 5.75 Å². The van der Waals surface area contributed by atoms with E-state index in [9.17, 15) is 4.79 Å². The number of aromatic nitrogens is 2. The van der Waals surface area contributed by atoms with Crippen LogP contribution in [0.4, 0.5) is 10.5 Å². The summed E-state index contributed by atoms with van der Waals surface area (Å²) in [7, 11) is 0. The number of hydrogen-bond acceptors (Lipinski definition) is 4. The summed E-state index contributed by atoms with van der Waals surface area (Å²) in [4.78, 5) is 19.4. The third-order valence-electron chi connectivity index (χ3n) is 2.40. The number of carboxylic acid groups (broad SMARTS) is 1. The number of nitrogens with zero attached hydrogens (tertiary/aromatic N) is 2. The first-order valence-corrected chi connectivity index (χ1v) is 7.00. The van der Waals surface area contributed by atoms with E-state index in [1.54, 1.807) is 11.8 Å². The quantitative estimate of drug-likeness (QED) is 0.896. The van der Waals surface area contributed by atoms with Crippen molar-refractivity contribution in [1.29, 1.82) is 0 Å². The number of thioether (sulfide) groups is 1. The summed E-state index contributed by atoms with van der Waals surface area (Å²) < 4.78 is 0. The molecule has 98 valence electrons. The number of rotatable bonds is 4. The summed E-state index contributed by atoms with van der Waals surface area (Å²) in [5.41, 5.74) is 1.85. The highest BCUT2D eigenvalue weighted by atomic mass is 32.2. The van der Waals surface area contributed by atoms with Gasteiger partial charge in [-0.05, 0) is 6.26 Å². The summed E-state index contributed by atoms with van der Waals surface area (Å²) in [5, 5.41) is 11.2. The molecule has 5 nitrogen and oxygen atoms in total. The van der Waals surface area contributed by atoms with E-state index in [1.165, 1.54) is 6.20 Å². The molecule has 2 rings (SSSR count). The van der Waals surface area contributed by atoms with E-state index >= 15 is 0 Å². The Hall–Kier alpha value is -2.08. The maximum absolute atomic E-state index is 10.8. The smallest absolute Gasteiger partial charge is 0.409 e. The van der Waals surface area contributed by atoms with Crippen LogP contribution in [0.2, 0.25) is 0 Å². The average Bonchev–Trinajstić information content (AvgIpc) is 2.41. The second kappa shape index (κ2) is 6.19. The summed E-state index contributed by atoms with van der Waals surface area (Å²) in [6, 6.07) is 9.45. The van der Waals surface area contributed by atoms with Crippen LogP contribution >= 0.6 is 11.8 Å².